The van der Waals surface area contributed by atoms with E-state index in [9.17, 15) is 4.79 Å². The Hall–Kier alpha value is -2.33. The van der Waals surface area contributed by atoms with Crippen molar-refractivity contribution in [3.8, 4) is 0 Å². The highest BCUT2D eigenvalue weighted by Crippen LogP contribution is 2.22. The lowest BCUT2D eigenvalue weighted by molar-refractivity contribution is 0.251. The van der Waals surface area contributed by atoms with E-state index < -0.39 is 0 Å². The standard InChI is InChI=1S/C22H31N3O/c1-5-19-12-9-13-20(6-2)21(19)24-22(26)23-15-17-10-8-11-18(14-17)16-25(4)7-3/h8-14H,5-7,15-16H2,1-4H3,(H2,23,24,26). The molecule has 0 unspecified atom stereocenters. The Morgan fingerprint density at radius 2 is 1.58 bits per heavy atom. The van der Waals surface area contributed by atoms with Gasteiger partial charge < -0.3 is 15.5 Å². The molecule has 0 aliphatic heterocycles. The molecule has 0 aliphatic carbocycles. The van der Waals surface area contributed by atoms with Gasteiger partial charge in [-0.05, 0) is 48.7 Å². The number of carbonyl (C=O) groups is 1. The van der Waals surface area contributed by atoms with E-state index in [1.54, 1.807) is 0 Å². The summed E-state index contributed by atoms with van der Waals surface area (Å²) in [6, 6.07) is 14.4. The maximum absolute atomic E-state index is 12.4. The van der Waals surface area contributed by atoms with Gasteiger partial charge in [0.1, 0.15) is 0 Å². The van der Waals surface area contributed by atoms with Gasteiger partial charge in [-0.3, -0.25) is 0 Å². The van der Waals surface area contributed by atoms with Crippen LogP contribution in [0.3, 0.4) is 0 Å². The lowest BCUT2D eigenvalue weighted by Gasteiger charge is -2.16. The third-order valence-corrected chi connectivity index (χ3v) is 4.67. The number of amides is 2. The first kappa shape index (κ1) is 20.0. The molecule has 0 fully saturated rings. The zero-order valence-electron chi connectivity index (χ0n) is 16.4. The second-order valence-corrected chi connectivity index (χ2v) is 6.62. The number of urea groups is 1. The summed E-state index contributed by atoms with van der Waals surface area (Å²) < 4.78 is 0. The van der Waals surface area contributed by atoms with E-state index in [0.717, 1.165) is 37.2 Å². The van der Waals surface area contributed by atoms with Crippen molar-refractivity contribution in [2.45, 2.75) is 46.7 Å². The zero-order valence-corrected chi connectivity index (χ0v) is 16.4. The van der Waals surface area contributed by atoms with Crippen molar-refractivity contribution in [3.63, 3.8) is 0 Å². The summed E-state index contributed by atoms with van der Waals surface area (Å²) in [6.45, 7) is 8.81. The van der Waals surface area contributed by atoms with E-state index in [4.69, 9.17) is 0 Å². The largest absolute Gasteiger partial charge is 0.334 e. The van der Waals surface area contributed by atoms with E-state index in [2.05, 4.69) is 79.8 Å². The quantitative estimate of drug-likeness (QED) is 0.729. The fourth-order valence-electron chi connectivity index (χ4n) is 3.00. The number of rotatable bonds is 8. The maximum Gasteiger partial charge on any atom is 0.319 e. The van der Waals surface area contributed by atoms with Gasteiger partial charge in [0.25, 0.3) is 0 Å². The van der Waals surface area contributed by atoms with E-state index in [1.807, 2.05) is 6.07 Å². The van der Waals surface area contributed by atoms with Crippen LogP contribution in [0.1, 0.15) is 43.0 Å². The lowest BCUT2D eigenvalue weighted by atomic mass is 10.0. The van der Waals surface area contributed by atoms with Crippen LogP contribution in [0.5, 0.6) is 0 Å². The molecule has 140 valence electrons. The summed E-state index contributed by atoms with van der Waals surface area (Å²) in [7, 11) is 2.11. The third-order valence-electron chi connectivity index (χ3n) is 4.67. The summed E-state index contributed by atoms with van der Waals surface area (Å²) in [5, 5.41) is 6.03. The van der Waals surface area contributed by atoms with Crippen LogP contribution in [-0.2, 0) is 25.9 Å². The minimum atomic E-state index is -0.156. The Kier molecular flexibility index (Phi) is 7.67. The van der Waals surface area contributed by atoms with Crippen LogP contribution in [0.15, 0.2) is 42.5 Å². The predicted octanol–water partition coefficient (Wildman–Crippen LogP) is 4.58. The molecule has 2 aromatic carbocycles. The Morgan fingerprint density at radius 1 is 0.962 bits per heavy atom. The Labute approximate surface area is 157 Å². The van der Waals surface area contributed by atoms with Crippen molar-refractivity contribution >= 4 is 11.7 Å². The lowest BCUT2D eigenvalue weighted by Crippen LogP contribution is -2.29. The van der Waals surface area contributed by atoms with E-state index in [1.165, 1.54) is 16.7 Å². The summed E-state index contributed by atoms with van der Waals surface area (Å²) >= 11 is 0. The van der Waals surface area contributed by atoms with Crippen LogP contribution in [0, 0.1) is 0 Å². The third kappa shape index (κ3) is 5.60. The van der Waals surface area contributed by atoms with Crippen molar-refractivity contribution in [2.24, 2.45) is 0 Å². The molecular formula is C22H31N3O. The highest BCUT2D eigenvalue weighted by molar-refractivity contribution is 5.91. The van der Waals surface area contributed by atoms with Crippen LogP contribution in [0.25, 0.3) is 0 Å². The normalized spacial score (nSPS) is 10.8. The fourth-order valence-corrected chi connectivity index (χ4v) is 3.00. The smallest absolute Gasteiger partial charge is 0.319 e. The molecule has 0 aromatic heterocycles. The van der Waals surface area contributed by atoms with Crippen LogP contribution in [0.2, 0.25) is 0 Å². The fraction of sp³-hybridized carbons (Fsp3) is 0.409. The van der Waals surface area contributed by atoms with Crippen LogP contribution in [-0.4, -0.2) is 24.5 Å². The molecule has 0 saturated heterocycles. The van der Waals surface area contributed by atoms with Gasteiger partial charge in [0.05, 0.1) is 0 Å². The van der Waals surface area contributed by atoms with E-state index in [0.29, 0.717) is 6.54 Å². The first-order valence-corrected chi connectivity index (χ1v) is 9.49. The number of benzene rings is 2. The zero-order chi connectivity index (χ0) is 18.9. The van der Waals surface area contributed by atoms with Gasteiger partial charge in [-0.1, -0.05) is 63.2 Å². The van der Waals surface area contributed by atoms with Gasteiger partial charge >= 0.3 is 6.03 Å². The molecule has 0 spiro atoms. The molecule has 2 rings (SSSR count). The van der Waals surface area contributed by atoms with Gasteiger partial charge in [-0.2, -0.15) is 0 Å². The molecule has 2 aromatic rings. The van der Waals surface area contributed by atoms with Crippen molar-refractivity contribution < 1.29 is 4.79 Å². The first-order chi connectivity index (χ1) is 12.6. The SMILES string of the molecule is CCc1cccc(CC)c1NC(=O)NCc1cccc(CN(C)CC)c1. The van der Waals surface area contributed by atoms with Crippen LogP contribution < -0.4 is 10.6 Å². The van der Waals surface area contributed by atoms with Crippen molar-refractivity contribution in [1.82, 2.24) is 10.2 Å². The molecule has 4 heteroatoms. The number of carbonyl (C=O) groups excluding carboxylic acids is 1. The van der Waals surface area contributed by atoms with Crippen LogP contribution >= 0.6 is 0 Å². The Morgan fingerprint density at radius 3 is 2.19 bits per heavy atom. The number of hydrogen-bond acceptors (Lipinski definition) is 2. The molecule has 0 aliphatic rings. The summed E-state index contributed by atoms with van der Waals surface area (Å²) in [4.78, 5) is 14.7. The Balaban J connectivity index is 1.98. The first-order valence-electron chi connectivity index (χ1n) is 9.49. The summed E-state index contributed by atoms with van der Waals surface area (Å²) in [5.41, 5.74) is 5.67. The average molecular weight is 354 g/mol. The van der Waals surface area contributed by atoms with Crippen molar-refractivity contribution in [3.05, 3.63) is 64.7 Å². The molecule has 0 atom stereocenters. The van der Waals surface area contributed by atoms with Crippen molar-refractivity contribution in [1.29, 1.82) is 0 Å². The number of hydrogen-bond donors (Lipinski definition) is 2. The van der Waals surface area contributed by atoms with E-state index in [-0.39, 0.29) is 6.03 Å². The number of para-hydroxylation sites is 1. The second-order valence-electron chi connectivity index (χ2n) is 6.62. The molecule has 2 amide bonds. The Bertz CT molecular complexity index is 705. The van der Waals surface area contributed by atoms with Gasteiger partial charge in [-0.15, -0.1) is 0 Å². The highest BCUT2D eigenvalue weighted by atomic mass is 16.2. The molecule has 0 saturated carbocycles. The average Bonchev–Trinajstić information content (AvgIpc) is 2.66. The maximum atomic E-state index is 12.4. The highest BCUT2D eigenvalue weighted by Gasteiger charge is 2.10. The molecular weight excluding hydrogens is 322 g/mol. The number of anilines is 1. The van der Waals surface area contributed by atoms with Gasteiger partial charge in [-0.25, -0.2) is 4.79 Å². The van der Waals surface area contributed by atoms with Gasteiger partial charge in [0.2, 0.25) is 0 Å². The molecule has 0 heterocycles. The summed E-state index contributed by atoms with van der Waals surface area (Å²) in [6.07, 6.45) is 1.80. The minimum Gasteiger partial charge on any atom is -0.334 e. The van der Waals surface area contributed by atoms with Gasteiger partial charge in [0.15, 0.2) is 0 Å². The summed E-state index contributed by atoms with van der Waals surface area (Å²) in [5.74, 6) is 0. The number of nitrogens with one attached hydrogen (secondary N) is 2. The predicted molar refractivity (Wildman–Crippen MR) is 110 cm³/mol. The number of nitrogens with zero attached hydrogens (tertiary/aromatic N) is 1. The van der Waals surface area contributed by atoms with Crippen LogP contribution in [0.4, 0.5) is 10.5 Å². The molecule has 0 radical (unpaired) electrons. The molecule has 4 nitrogen and oxygen atoms in total. The second kappa shape index (κ2) is 9.97. The topological polar surface area (TPSA) is 44.4 Å². The molecule has 26 heavy (non-hydrogen) atoms. The minimum absolute atomic E-state index is 0.156. The molecule has 0 bridgehead atoms. The van der Waals surface area contributed by atoms with E-state index >= 15 is 0 Å². The number of aryl methyl sites for hydroxylation is 2. The monoisotopic (exact) mass is 353 g/mol. The van der Waals surface area contributed by atoms with Crippen molar-refractivity contribution in [2.75, 3.05) is 18.9 Å². The molecule has 2 N–H and O–H groups in total. The van der Waals surface area contributed by atoms with Gasteiger partial charge in [0, 0.05) is 18.8 Å².